The van der Waals surface area contributed by atoms with Crippen LogP contribution in [0.5, 0.6) is 11.5 Å². The molecule has 1 fully saturated rings. The van der Waals surface area contributed by atoms with Gasteiger partial charge in [-0.15, -0.1) is 0 Å². The first-order valence-corrected chi connectivity index (χ1v) is 14.9. The topological polar surface area (TPSA) is 92.5 Å². The van der Waals surface area contributed by atoms with E-state index in [1.165, 1.54) is 13.3 Å². The van der Waals surface area contributed by atoms with Gasteiger partial charge >= 0.3 is 0 Å². The molecule has 0 N–H and O–H groups in total. The predicted molar refractivity (Wildman–Crippen MR) is 156 cm³/mol. The number of pyridine rings is 1. The van der Waals surface area contributed by atoms with Gasteiger partial charge in [-0.2, -0.15) is 9.49 Å². The van der Waals surface area contributed by atoms with Gasteiger partial charge in [0, 0.05) is 44.6 Å². The van der Waals surface area contributed by atoms with Crippen molar-refractivity contribution in [1.82, 2.24) is 19.7 Å². The van der Waals surface area contributed by atoms with Gasteiger partial charge in [-0.3, -0.25) is 4.79 Å². The maximum Gasteiger partial charge on any atom is 0.220 e. The van der Waals surface area contributed by atoms with Gasteiger partial charge in [-0.25, -0.2) is 9.67 Å². The maximum atomic E-state index is 14.9. The second-order valence-electron chi connectivity index (χ2n) is 10.3. The summed E-state index contributed by atoms with van der Waals surface area (Å²) in [4.78, 5) is 17.4. The van der Waals surface area contributed by atoms with Crippen LogP contribution in [0.2, 0.25) is 10.0 Å². The standard InChI is InChI=1S/C29H25Cl2FN4O4S/c1-29(2)27(41(38)8-7-35(29)15-37)25-22-14-40-24-13-23(39-3)20(19-5-4-6-33-28(19)32)12-21(24)26(22)36(34-25)18-10-16(30)9-17(31)11-18/h4-6,9-13,15,27H,7-8,14H2,1-3H3. The average molecular weight is 616 g/mol. The van der Waals surface area contributed by atoms with Gasteiger partial charge in [0.1, 0.15) is 29.6 Å². The number of halogens is 3. The average Bonchev–Trinajstić information content (AvgIpc) is 3.31. The lowest BCUT2D eigenvalue weighted by molar-refractivity contribution is -0.123. The smallest absolute Gasteiger partial charge is 0.220 e. The van der Waals surface area contributed by atoms with Crippen LogP contribution < -0.4 is 9.47 Å². The number of hydrogen-bond acceptors (Lipinski definition) is 6. The third-order valence-corrected chi connectivity index (χ3v) is 9.99. The molecule has 0 aliphatic carbocycles. The van der Waals surface area contributed by atoms with Crippen LogP contribution in [0.15, 0.2) is 48.7 Å². The molecule has 1 saturated heterocycles. The van der Waals surface area contributed by atoms with E-state index in [2.05, 4.69) is 4.98 Å². The van der Waals surface area contributed by atoms with Crippen LogP contribution in [-0.2, 0) is 22.6 Å². The number of carbonyl (C=O) groups excluding carboxylic acids is 1. The third kappa shape index (κ3) is 4.63. The fourth-order valence-corrected chi connectivity index (χ4v) is 7.99. The number of amides is 1. The van der Waals surface area contributed by atoms with Gasteiger partial charge in [0.25, 0.3) is 0 Å². The van der Waals surface area contributed by atoms with Crippen molar-refractivity contribution in [2.45, 2.75) is 31.2 Å². The number of benzene rings is 2. The molecule has 2 aromatic carbocycles. The SMILES string of the molecule is COc1cc2c(cc1-c1cccnc1F)-c1c(c(C3[S+]([O-])CCN(C=O)C3(C)C)nn1-c1cc(Cl)cc(Cl)c1)CO2. The summed E-state index contributed by atoms with van der Waals surface area (Å²) in [6, 6.07) is 11.8. The van der Waals surface area contributed by atoms with Crippen LogP contribution in [0.1, 0.15) is 30.4 Å². The molecule has 41 heavy (non-hydrogen) atoms. The minimum absolute atomic E-state index is 0.126. The zero-order valence-electron chi connectivity index (χ0n) is 22.4. The minimum Gasteiger partial charge on any atom is -0.616 e. The fraction of sp³-hybridized carbons (Fsp3) is 0.276. The van der Waals surface area contributed by atoms with E-state index >= 15 is 0 Å². The Hall–Kier alpha value is -3.31. The van der Waals surface area contributed by atoms with Crippen molar-refractivity contribution in [2.24, 2.45) is 0 Å². The fourth-order valence-electron chi connectivity index (χ4n) is 5.64. The molecule has 4 aromatic rings. The third-order valence-electron chi connectivity index (χ3n) is 7.64. The summed E-state index contributed by atoms with van der Waals surface area (Å²) in [6.07, 6.45) is 2.17. The highest BCUT2D eigenvalue weighted by molar-refractivity contribution is 7.91. The number of nitrogens with zero attached hydrogens (tertiary/aromatic N) is 4. The number of fused-ring (bicyclic) bond motifs is 3. The first-order valence-electron chi connectivity index (χ1n) is 12.8. The zero-order valence-corrected chi connectivity index (χ0v) is 24.7. The van der Waals surface area contributed by atoms with Crippen LogP contribution in [0.4, 0.5) is 4.39 Å². The number of hydrogen-bond donors (Lipinski definition) is 0. The first-order chi connectivity index (χ1) is 19.6. The van der Waals surface area contributed by atoms with Crippen molar-refractivity contribution in [3.8, 4) is 39.6 Å². The van der Waals surface area contributed by atoms with E-state index in [4.69, 9.17) is 37.8 Å². The van der Waals surface area contributed by atoms with E-state index in [0.29, 0.717) is 67.6 Å². The number of aromatic nitrogens is 3. The molecule has 2 unspecified atom stereocenters. The Bertz CT molecular complexity index is 1660. The summed E-state index contributed by atoms with van der Waals surface area (Å²) < 4.78 is 42.0. The van der Waals surface area contributed by atoms with Gasteiger partial charge in [-0.05, 0) is 61.4 Å². The van der Waals surface area contributed by atoms with Crippen molar-refractivity contribution >= 4 is 40.8 Å². The Morgan fingerprint density at radius 2 is 1.93 bits per heavy atom. The Balaban J connectivity index is 1.65. The highest BCUT2D eigenvalue weighted by Crippen LogP contribution is 2.50. The number of rotatable bonds is 5. The molecule has 2 aliphatic heterocycles. The Labute approximate surface area is 249 Å². The lowest BCUT2D eigenvalue weighted by atomic mass is 9.91. The van der Waals surface area contributed by atoms with E-state index in [1.807, 2.05) is 13.8 Å². The summed E-state index contributed by atoms with van der Waals surface area (Å²) in [6.45, 7) is 4.28. The molecular formula is C29H25Cl2FN4O4S. The minimum atomic E-state index is -1.33. The van der Waals surface area contributed by atoms with Crippen molar-refractivity contribution in [3.05, 3.63) is 75.9 Å². The molecule has 2 atom stereocenters. The van der Waals surface area contributed by atoms with Crippen LogP contribution in [0, 0.1) is 5.95 Å². The van der Waals surface area contributed by atoms with Crippen LogP contribution >= 0.6 is 23.2 Å². The summed E-state index contributed by atoms with van der Waals surface area (Å²) in [5.41, 5.74) is 3.03. The quantitative estimate of drug-likeness (QED) is 0.156. The maximum absolute atomic E-state index is 14.9. The van der Waals surface area contributed by atoms with E-state index in [1.54, 1.807) is 52.0 Å². The highest BCUT2D eigenvalue weighted by atomic mass is 35.5. The second-order valence-corrected chi connectivity index (χ2v) is 12.9. The monoisotopic (exact) mass is 614 g/mol. The largest absolute Gasteiger partial charge is 0.616 e. The molecule has 0 bridgehead atoms. The molecule has 0 radical (unpaired) electrons. The molecule has 2 aliphatic rings. The Morgan fingerprint density at radius 3 is 2.61 bits per heavy atom. The Kier molecular flexibility index (Phi) is 7.14. The lowest BCUT2D eigenvalue weighted by Gasteiger charge is -2.45. The molecule has 6 rings (SSSR count). The summed E-state index contributed by atoms with van der Waals surface area (Å²) in [7, 11) is 1.50. The molecule has 212 valence electrons. The normalized spacial score (nSPS) is 19.2. The number of carbonyl (C=O) groups is 1. The molecule has 2 aromatic heterocycles. The van der Waals surface area contributed by atoms with Gasteiger partial charge in [0.2, 0.25) is 12.4 Å². The van der Waals surface area contributed by atoms with Gasteiger partial charge < -0.3 is 18.9 Å². The molecular weight excluding hydrogens is 590 g/mol. The molecule has 1 amide bonds. The van der Waals surface area contributed by atoms with Gasteiger partial charge in [-0.1, -0.05) is 23.2 Å². The van der Waals surface area contributed by atoms with Crippen molar-refractivity contribution in [2.75, 3.05) is 19.4 Å². The zero-order chi connectivity index (χ0) is 29.1. The highest BCUT2D eigenvalue weighted by Gasteiger charge is 2.51. The van der Waals surface area contributed by atoms with Crippen molar-refractivity contribution in [3.63, 3.8) is 0 Å². The molecule has 8 nitrogen and oxygen atoms in total. The van der Waals surface area contributed by atoms with E-state index in [0.717, 1.165) is 6.41 Å². The van der Waals surface area contributed by atoms with Gasteiger partial charge in [0.05, 0.1) is 30.6 Å². The summed E-state index contributed by atoms with van der Waals surface area (Å²) >= 11 is 11.5. The van der Waals surface area contributed by atoms with Crippen LogP contribution in [-0.4, -0.2) is 55.6 Å². The van der Waals surface area contributed by atoms with Crippen LogP contribution in [0.3, 0.4) is 0 Å². The second kappa shape index (κ2) is 10.5. The van der Waals surface area contributed by atoms with Crippen molar-refractivity contribution < 1.29 is 23.2 Å². The van der Waals surface area contributed by atoms with E-state index in [9.17, 15) is 13.7 Å². The molecule has 4 heterocycles. The summed E-state index contributed by atoms with van der Waals surface area (Å²) in [5, 5.41) is 5.22. The van der Waals surface area contributed by atoms with Crippen molar-refractivity contribution in [1.29, 1.82) is 0 Å². The number of methoxy groups -OCH3 is 1. The first kappa shape index (κ1) is 27.8. The van der Waals surface area contributed by atoms with Gasteiger partial charge in [0.15, 0.2) is 5.25 Å². The molecule has 12 heteroatoms. The van der Waals surface area contributed by atoms with E-state index in [-0.39, 0.29) is 12.2 Å². The van der Waals surface area contributed by atoms with Crippen LogP contribution in [0.25, 0.3) is 28.1 Å². The number of ether oxygens (including phenoxy) is 2. The molecule has 0 spiro atoms. The summed E-state index contributed by atoms with van der Waals surface area (Å²) in [5.74, 6) is 0.581. The lowest BCUT2D eigenvalue weighted by Crippen LogP contribution is -2.56. The predicted octanol–water partition coefficient (Wildman–Crippen LogP) is 5.99. The molecule has 0 saturated carbocycles. The Morgan fingerprint density at radius 1 is 1.17 bits per heavy atom. The van der Waals surface area contributed by atoms with E-state index < -0.39 is 27.9 Å².